The highest BCUT2D eigenvalue weighted by molar-refractivity contribution is 14.0. The van der Waals surface area contributed by atoms with Crippen molar-refractivity contribution in [2.45, 2.75) is 45.6 Å². The molecule has 2 aromatic carbocycles. The van der Waals surface area contributed by atoms with Crippen LogP contribution in [-0.4, -0.2) is 50.1 Å². The second-order valence-electron chi connectivity index (χ2n) is 7.71. The minimum absolute atomic E-state index is 0. The van der Waals surface area contributed by atoms with E-state index in [4.69, 9.17) is 9.73 Å². The van der Waals surface area contributed by atoms with Crippen molar-refractivity contribution in [3.8, 4) is 5.75 Å². The minimum Gasteiger partial charge on any atom is -0.497 e. The normalized spacial score (nSPS) is 14.7. The Kier molecular flexibility index (Phi) is 10.9. The molecule has 0 spiro atoms. The Hall–Kier alpha value is -2.03. The number of halogens is 1. The number of nitrogens with zero attached hydrogens (tertiary/aromatic N) is 2. The Labute approximate surface area is 202 Å². The van der Waals surface area contributed by atoms with Crippen molar-refractivity contribution in [2.75, 3.05) is 33.3 Å². The summed E-state index contributed by atoms with van der Waals surface area (Å²) in [5.41, 5.74) is 1.17. The molecule has 0 atom stereocenters. The standard InChI is InChI=1S/C24H34N4O2.HI/c1-3-25-24(26-13-7-15-28-14-6-4-5-8-23(28)29)27-18-19-9-10-21-17-22(30-2)12-11-20(21)16-19;/h9-12,16-17H,3-8,13-15,18H2,1-2H3,(H2,25,26,27);1H. The average molecular weight is 538 g/mol. The van der Waals surface area contributed by atoms with E-state index in [1.54, 1.807) is 7.11 Å². The first-order valence-electron chi connectivity index (χ1n) is 11.1. The number of fused-ring (bicyclic) bond motifs is 1. The third-order valence-corrected chi connectivity index (χ3v) is 5.44. The van der Waals surface area contributed by atoms with Crippen LogP contribution in [-0.2, 0) is 11.3 Å². The SMILES string of the molecule is CCNC(=NCc1ccc2cc(OC)ccc2c1)NCCCN1CCCCCC1=O.I. The molecule has 1 amide bonds. The lowest BCUT2D eigenvalue weighted by atomic mass is 10.1. The van der Waals surface area contributed by atoms with Crippen LogP contribution in [0.25, 0.3) is 10.8 Å². The lowest BCUT2D eigenvalue weighted by Crippen LogP contribution is -2.39. The van der Waals surface area contributed by atoms with Crippen LogP contribution in [0.4, 0.5) is 0 Å². The van der Waals surface area contributed by atoms with Crippen LogP contribution in [0.15, 0.2) is 41.4 Å². The molecule has 170 valence electrons. The maximum absolute atomic E-state index is 12.1. The van der Waals surface area contributed by atoms with Gasteiger partial charge in [0.2, 0.25) is 5.91 Å². The fraction of sp³-hybridized carbons (Fsp3) is 0.500. The van der Waals surface area contributed by atoms with Crippen molar-refractivity contribution < 1.29 is 9.53 Å². The number of guanidine groups is 1. The number of methoxy groups -OCH3 is 1. The maximum Gasteiger partial charge on any atom is 0.222 e. The number of nitrogens with one attached hydrogen (secondary N) is 2. The van der Waals surface area contributed by atoms with E-state index in [-0.39, 0.29) is 24.0 Å². The van der Waals surface area contributed by atoms with Crippen LogP contribution in [0.2, 0.25) is 0 Å². The Morgan fingerprint density at radius 3 is 2.71 bits per heavy atom. The first kappa shape index (κ1) is 25.2. The summed E-state index contributed by atoms with van der Waals surface area (Å²) in [5.74, 6) is 1.99. The van der Waals surface area contributed by atoms with Crippen molar-refractivity contribution in [2.24, 2.45) is 4.99 Å². The molecule has 0 unspecified atom stereocenters. The van der Waals surface area contributed by atoms with Crippen LogP contribution in [0.1, 0.15) is 44.6 Å². The molecule has 31 heavy (non-hydrogen) atoms. The number of amides is 1. The average Bonchev–Trinajstić information content (AvgIpc) is 2.98. The van der Waals surface area contributed by atoms with E-state index in [9.17, 15) is 4.79 Å². The van der Waals surface area contributed by atoms with Gasteiger partial charge in [-0.25, -0.2) is 4.99 Å². The zero-order valence-corrected chi connectivity index (χ0v) is 21.0. The van der Waals surface area contributed by atoms with Gasteiger partial charge < -0.3 is 20.3 Å². The van der Waals surface area contributed by atoms with Gasteiger partial charge in [-0.2, -0.15) is 0 Å². The molecular formula is C24H35IN4O2. The molecule has 6 nitrogen and oxygen atoms in total. The van der Waals surface area contributed by atoms with Crippen LogP contribution in [0.5, 0.6) is 5.75 Å². The van der Waals surface area contributed by atoms with Gasteiger partial charge in [-0.15, -0.1) is 24.0 Å². The predicted octanol–water partition coefficient (Wildman–Crippen LogP) is 4.31. The first-order valence-corrected chi connectivity index (χ1v) is 11.1. The number of aliphatic imine (C=N–C) groups is 1. The molecule has 3 rings (SSSR count). The number of carbonyl (C=O) groups excluding carboxylic acids is 1. The largest absolute Gasteiger partial charge is 0.497 e. The summed E-state index contributed by atoms with van der Waals surface area (Å²) in [6, 6.07) is 12.5. The fourth-order valence-electron chi connectivity index (χ4n) is 3.76. The smallest absolute Gasteiger partial charge is 0.222 e. The zero-order valence-electron chi connectivity index (χ0n) is 18.7. The van der Waals surface area contributed by atoms with Gasteiger partial charge in [0.25, 0.3) is 0 Å². The molecule has 0 aromatic heterocycles. The van der Waals surface area contributed by atoms with Crippen LogP contribution in [0, 0.1) is 0 Å². The summed E-state index contributed by atoms with van der Waals surface area (Å²) in [6.45, 7) is 6.01. The number of rotatable bonds is 8. The molecule has 1 fully saturated rings. The van der Waals surface area contributed by atoms with E-state index in [2.05, 4.69) is 41.8 Å². The van der Waals surface area contributed by atoms with Crippen molar-refractivity contribution in [3.05, 3.63) is 42.0 Å². The van der Waals surface area contributed by atoms with E-state index < -0.39 is 0 Å². The van der Waals surface area contributed by atoms with Crippen molar-refractivity contribution >= 4 is 46.6 Å². The Bertz CT molecular complexity index is 872. The lowest BCUT2D eigenvalue weighted by molar-refractivity contribution is -0.130. The first-order chi connectivity index (χ1) is 14.7. The van der Waals surface area contributed by atoms with Crippen molar-refractivity contribution in [3.63, 3.8) is 0 Å². The van der Waals surface area contributed by atoms with Gasteiger partial charge in [0, 0.05) is 32.6 Å². The number of benzene rings is 2. The Morgan fingerprint density at radius 1 is 1.10 bits per heavy atom. The van der Waals surface area contributed by atoms with Crippen molar-refractivity contribution in [1.82, 2.24) is 15.5 Å². The van der Waals surface area contributed by atoms with E-state index in [1.807, 2.05) is 17.0 Å². The van der Waals surface area contributed by atoms with Gasteiger partial charge in [-0.3, -0.25) is 4.79 Å². The second-order valence-corrected chi connectivity index (χ2v) is 7.71. The highest BCUT2D eigenvalue weighted by Gasteiger charge is 2.15. The number of likely N-dealkylation sites (tertiary alicyclic amines) is 1. The second kappa shape index (κ2) is 13.4. The quantitative estimate of drug-likeness (QED) is 0.228. The molecule has 0 saturated carbocycles. The van der Waals surface area contributed by atoms with Crippen LogP contribution in [0.3, 0.4) is 0 Å². The molecular weight excluding hydrogens is 503 g/mol. The van der Waals surface area contributed by atoms with E-state index in [0.29, 0.717) is 18.9 Å². The zero-order chi connectivity index (χ0) is 21.2. The summed E-state index contributed by atoms with van der Waals surface area (Å²) in [7, 11) is 1.69. The van der Waals surface area contributed by atoms with Gasteiger partial charge in [-0.1, -0.05) is 24.6 Å². The van der Waals surface area contributed by atoms with Gasteiger partial charge in [0.1, 0.15) is 5.75 Å². The molecule has 7 heteroatoms. The van der Waals surface area contributed by atoms with Gasteiger partial charge in [0.15, 0.2) is 5.96 Å². The molecule has 0 aliphatic carbocycles. The molecule has 0 radical (unpaired) electrons. The van der Waals surface area contributed by atoms with E-state index in [0.717, 1.165) is 62.5 Å². The molecule has 1 aliphatic rings. The predicted molar refractivity (Wildman–Crippen MR) is 138 cm³/mol. The number of hydrogen-bond donors (Lipinski definition) is 2. The molecule has 2 aromatic rings. The van der Waals surface area contributed by atoms with Gasteiger partial charge in [-0.05, 0) is 60.7 Å². The highest BCUT2D eigenvalue weighted by Crippen LogP contribution is 2.22. The molecule has 0 bridgehead atoms. The number of ether oxygens (including phenoxy) is 1. The summed E-state index contributed by atoms with van der Waals surface area (Å²) in [4.78, 5) is 18.8. The topological polar surface area (TPSA) is 66.0 Å². The number of hydrogen-bond acceptors (Lipinski definition) is 3. The highest BCUT2D eigenvalue weighted by atomic mass is 127. The molecule has 1 heterocycles. The van der Waals surface area contributed by atoms with E-state index in [1.165, 1.54) is 17.4 Å². The van der Waals surface area contributed by atoms with Crippen molar-refractivity contribution in [1.29, 1.82) is 0 Å². The van der Waals surface area contributed by atoms with Gasteiger partial charge in [0.05, 0.1) is 13.7 Å². The summed E-state index contributed by atoms with van der Waals surface area (Å²) < 4.78 is 5.30. The third kappa shape index (κ3) is 7.87. The summed E-state index contributed by atoms with van der Waals surface area (Å²) in [5, 5.41) is 9.05. The number of carbonyl (C=O) groups is 1. The Morgan fingerprint density at radius 2 is 1.90 bits per heavy atom. The summed E-state index contributed by atoms with van der Waals surface area (Å²) >= 11 is 0. The van der Waals surface area contributed by atoms with E-state index >= 15 is 0 Å². The minimum atomic E-state index is 0. The maximum atomic E-state index is 12.1. The fourth-order valence-corrected chi connectivity index (χ4v) is 3.76. The van der Waals surface area contributed by atoms with Crippen LogP contribution >= 0.6 is 24.0 Å². The molecule has 2 N–H and O–H groups in total. The lowest BCUT2D eigenvalue weighted by Gasteiger charge is -2.20. The third-order valence-electron chi connectivity index (χ3n) is 5.44. The monoisotopic (exact) mass is 538 g/mol. The molecule has 1 saturated heterocycles. The van der Waals surface area contributed by atoms with Crippen LogP contribution < -0.4 is 15.4 Å². The Balaban J connectivity index is 0.00000341. The summed E-state index contributed by atoms with van der Waals surface area (Å²) in [6.07, 6.45) is 4.96. The molecule has 1 aliphatic heterocycles. The van der Waals surface area contributed by atoms with Gasteiger partial charge >= 0.3 is 0 Å².